The highest BCUT2D eigenvalue weighted by molar-refractivity contribution is 7.12. The van der Waals surface area contributed by atoms with Crippen molar-refractivity contribution in [2.24, 2.45) is 0 Å². The summed E-state index contributed by atoms with van der Waals surface area (Å²) in [6.45, 7) is 7.87. The maximum absolute atomic E-state index is 5.83. The van der Waals surface area contributed by atoms with Gasteiger partial charge in [0.2, 0.25) is 0 Å². The second kappa shape index (κ2) is 8.98. The first-order valence-electron chi connectivity index (χ1n) is 7.70. The van der Waals surface area contributed by atoms with Gasteiger partial charge in [-0.2, -0.15) is 0 Å². The van der Waals surface area contributed by atoms with Gasteiger partial charge in [-0.1, -0.05) is 37.3 Å². The Bertz CT molecular complexity index is 521. The van der Waals surface area contributed by atoms with E-state index in [-0.39, 0.29) is 0 Å². The number of ether oxygens (including phenoxy) is 1. The van der Waals surface area contributed by atoms with E-state index in [0.717, 1.165) is 39.1 Å². The molecule has 0 fully saturated rings. The zero-order chi connectivity index (χ0) is 14.9. The molecule has 0 radical (unpaired) electrons. The molecule has 21 heavy (non-hydrogen) atoms. The Morgan fingerprint density at radius 2 is 2.00 bits per heavy atom. The van der Waals surface area contributed by atoms with Crippen LogP contribution in [-0.2, 0) is 24.3 Å². The van der Waals surface area contributed by atoms with Gasteiger partial charge in [-0.05, 0) is 43.5 Å². The second-order valence-corrected chi connectivity index (χ2v) is 6.56. The lowest BCUT2D eigenvalue weighted by atomic mass is 10.1. The van der Waals surface area contributed by atoms with Gasteiger partial charge in [0.25, 0.3) is 0 Å². The third-order valence-electron chi connectivity index (χ3n) is 3.48. The lowest BCUT2D eigenvalue weighted by Crippen LogP contribution is -2.10. The number of rotatable bonds is 9. The molecule has 114 valence electrons. The topological polar surface area (TPSA) is 21.3 Å². The minimum absolute atomic E-state index is 0.739. The zero-order valence-corrected chi connectivity index (χ0v) is 13.8. The smallest absolute Gasteiger partial charge is 0.0727 e. The largest absolute Gasteiger partial charge is 0.377 e. The summed E-state index contributed by atoms with van der Waals surface area (Å²) in [6, 6.07) is 12.9. The average Bonchev–Trinajstić information content (AvgIpc) is 2.86. The van der Waals surface area contributed by atoms with Crippen molar-refractivity contribution in [3.63, 3.8) is 0 Å². The van der Waals surface area contributed by atoms with Crippen LogP contribution >= 0.6 is 11.3 Å². The Kier molecular flexibility index (Phi) is 6.93. The molecule has 2 aromatic rings. The lowest BCUT2D eigenvalue weighted by molar-refractivity contribution is 0.118. The molecule has 0 aliphatic carbocycles. The summed E-state index contributed by atoms with van der Waals surface area (Å²) in [7, 11) is 0. The minimum atomic E-state index is 0.739. The third kappa shape index (κ3) is 5.62. The number of thiophene rings is 1. The van der Waals surface area contributed by atoms with Gasteiger partial charge in [-0.3, -0.25) is 0 Å². The van der Waals surface area contributed by atoms with Gasteiger partial charge in [0.1, 0.15) is 0 Å². The van der Waals surface area contributed by atoms with Crippen molar-refractivity contribution in [3.05, 3.63) is 57.3 Å². The van der Waals surface area contributed by atoms with Crippen molar-refractivity contribution < 1.29 is 4.74 Å². The molecule has 0 bridgehead atoms. The molecule has 0 unspecified atom stereocenters. The van der Waals surface area contributed by atoms with Crippen LogP contribution in [0.4, 0.5) is 0 Å². The summed E-state index contributed by atoms with van der Waals surface area (Å²) in [5.74, 6) is 0. The highest BCUT2D eigenvalue weighted by Gasteiger charge is 2.05. The van der Waals surface area contributed by atoms with Crippen LogP contribution in [0.1, 0.15) is 34.2 Å². The maximum Gasteiger partial charge on any atom is 0.0727 e. The number of aryl methyl sites for hydroxylation is 2. The fourth-order valence-corrected chi connectivity index (χ4v) is 3.29. The Morgan fingerprint density at radius 1 is 1.19 bits per heavy atom. The van der Waals surface area contributed by atoms with Crippen LogP contribution in [-0.4, -0.2) is 13.2 Å². The fourth-order valence-electron chi connectivity index (χ4n) is 2.27. The van der Waals surface area contributed by atoms with E-state index in [1.807, 2.05) is 11.3 Å². The molecule has 1 N–H and O–H groups in total. The molecule has 1 aromatic carbocycles. The zero-order valence-electron chi connectivity index (χ0n) is 13.0. The van der Waals surface area contributed by atoms with Crippen molar-refractivity contribution >= 4 is 11.3 Å². The maximum atomic E-state index is 5.83. The van der Waals surface area contributed by atoms with Crippen molar-refractivity contribution in [2.45, 2.75) is 39.8 Å². The molecule has 0 atom stereocenters. The molecule has 0 saturated carbocycles. The standard InChI is InChI=1S/C18H25NOS/c1-3-19-13-18-12-17(15(2)21-18)14-20-11-7-10-16-8-5-4-6-9-16/h4-6,8-9,12,19H,3,7,10-11,13-14H2,1-2H3. The number of hydrogen-bond donors (Lipinski definition) is 1. The van der Waals surface area contributed by atoms with Crippen molar-refractivity contribution in [3.8, 4) is 0 Å². The van der Waals surface area contributed by atoms with Gasteiger partial charge in [-0.15, -0.1) is 11.3 Å². The quantitative estimate of drug-likeness (QED) is 0.697. The summed E-state index contributed by atoms with van der Waals surface area (Å²) in [5.41, 5.74) is 2.73. The van der Waals surface area contributed by atoms with E-state index in [1.165, 1.54) is 20.9 Å². The molecule has 0 amide bonds. The lowest BCUT2D eigenvalue weighted by Gasteiger charge is -2.04. The molecule has 0 saturated heterocycles. The van der Waals surface area contributed by atoms with Gasteiger partial charge < -0.3 is 10.1 Å². The summed E-state index contributed by atoms with van der Waals surface area (Å²) >= 11 is 1.87. The summed E-state index contributed by atoms with van der Waals surface area (Å²) in [6.07, 6.45) is 2.17. The molecule has 2 rings (SSSR count). The monoisotopic (exact) mass is 303 g/mol. The third-order valence-corrected chi connectivity index (χ3v) is 4.57. The van der Waals surface area contributed by atoms with Crippen molar-refractivity contribution in [1.82, 2.24) is 5.32 Å². The number of nitrogens with one attached hydrogen (secondary N) is 1. The number of hydrogen-bond acceptors (Lipinski definition) is 3. The highest BCUT2D eigenvalue weighted by atomic mass is 32.1. The van der Waals surface area contributed by atoms with Crippen LogP contribution in [0, 0.1) is 6.92 Å². The molecular formula is C18H25NOS. The van der Waals surface area contributed by atoms with Crippen LogP contribution in [0.3, 0.4) is 0 Å². The van der Waals surface area contributed by atoms with Crippen molar-refractivity contribution in [2.75, 3.05) is 13.2 Å². The van der Waals surface area contributed by atoms with Gasteiger partial charge >= 0.3 is 0 Å². The molecular weight excluding hydrogens is 278 g/mol. The van der Waals surface area contributed by atoms with Crippen LogP contribution in [0.15, 0.2) is 36.4 Å². The van der Waals surface area contributed by atoms with Crippen LogP contribution < -0.4 is 5.32 Å². The van der Waals surface area contributed by atoms with Gasteiger partial charge in [-0.25, -0.2) is 0 Å². The van der Waals surface area contributed by atoms with E-state index in [1.54, 1.807) is 0 Å². The Balaban J connectivity index is 1.67. The summed E-state index contributed by atoms with van der Waals surface area (Å²) < 4.78 is 5.83. The number of benzene rings is 1. The van der Waals surface area contributed by atoms with Gasteiger partial charge in [0.15, 0.2) is 0 Å². The minimum Gasteiger partial charge on any atom is -0.377 e. The predicted octanol–water partition coefficient (Wildman–Crippen LogP) is 4.32. The Labute approximate surface area is 132 Å². The van der Waals surface area contributed by atoms with Gasteiger partial charge in [0, 0.05) is 22.9 Å². The summed E-state index contributed by atoms with van der Waals surface area (Å²) in [5, 5.41) is 3.37. The van der Waals surface area contributed by atoms with Crippen LogP contribution in [0.2, 0.25) is 0 Å². The first-order valence-corrected chi connectivity index (χ1v) is 8.52. The summed E-state index contributed by atoms with van der Waals surface area (Å²) in [4.78, 5) is 2.78. The van der Waals surface area contributed by atoms with E-state index in [2.05, 4.69) is 55.6 Å². The van der Waals surface area contributed by atoms with Gasteiger partial charge in [0.05, 0.1) is 6.61 Å². The van der Waals surface area contributed by atoms with Crippen molar-refractivity contribution in [1.29, 1.82) is 0 Å². The Hall–Kier alpha value is -1.16. The molecule has 0 aliphatic rings. The first kappa shape index (κ1) is 16.2. The predicted molar refractivity (Wildman–Crippen MR) is 90.9 cm³/mol. The Morgan fingerprint density at radius 3 is 2.76 bits per heavy atom. The van der Waals surface area contributed by atoms with E-state index in [0.29, 0.717) is 0 Å². The van der Waals surface area contributed by atoms with E-state index in [4.69, 9.17) is 4.74 Å². The van der Waals surface area contributed by atoms with E-state index in [9.17, 15) is 0 Å². The van der Waals surface area contributed by atoms with Crippen LogP contribution in [0.5, 0.6) is 0 Å². The SMILES string of the molecule is CCNCc1cc(COCCCc2ccccc2)c(C)s1. The molecule has 0 aliphatic heterocycles. The first-order chi connectivity index (χ1) is 10.3. The molecule has 1 aromatic heterocycles. The second-order valence-electron chi connectivity index (χ2n) is 5.22. The normalized spacial score (nSPS) is 11.0. The van der Waals surface area contributed by atoms with E-state index < -0.39 is 0 Å². The molecule has 0 spiro atoms. The molecule has 1 heterocycles. The fraction of sp³-hybridized carbons (Fsp3) is 0.444. The highest BCUT2D eigenvalue weighted by Crippen LogP contribution is 2.22. The van der Waals surface area contributed by atoms with E-state index >= 15 is 0 Å². The average molecular weight is 303 g/mol. The van der Waals surface area contributed by atoms with Crippen LogP contribution in [0.25, 0.3) is 0 Å². The molecule has 2 nitrogen and oxygen atoms in total. The molecule has 3 heteroatoms.